The summed E-state index contributed by atoms with van der Waals surface area (Å²) in [6, 6.07) is 12.4. The van der Waals surface area contributed by atoms with Crippen LogP contribution in [-0.4, -0.2) is 12.6 Å². The molecular formula is C24H12Cl5FN2O4. The van der Waals surface area contributed by atoms with Crippen LogP contribution in [-0.2, 0) is 4.79 Å². The van der Waals surface area contributed by atoms with Gasteiger partial charge in [0.1, 0.15) is 39.0 Å². The number of esters is 1. The van der Waals surface area contributed by atoms with Gasteiger partial charge in [0.15, 0.2) is 12.4 Å². The summed E-state index contributed by atoms with van der Waals surface area (Å²) in [5.74, 6) is -2.21. The van der Waals surface area contributed by atoms with Crippen LogP contribution in [0.2, 0.25) is 25.1 Å². The van der Waals surface area contributed by atoms with E-state index in [-0.39, 0.29) is 59.4 Å². The van der Waals surface area contributed by atoms with Crippen molar-refractivity contribution in [1.29, 1.82) is 5.26 Å². The van der Waals surface area contributed by atoms with Gasteiger partial charge < -0.3 is 19.9 Å². The minimum absolute atomic E-state index is 0.0554. The van der Waals surface area contributed by atoms with E-state index in [2.05, 4.69) is 0 Å². The third-order valence-corrected chi connectivity index (χ3v) is 7.38. The van der Waals surface area contributed by atoms with Crippen molar-refractivity contribution >= 4 is 64.0 Å². The molecule has 1 aliphatic rings. The molecule has 0 bridgehead atoms. The molecule has 3 aromatic carbocycles. The summed E-state index contributed by atoms with van der Waals surface area (Å²) in [6.45, 7) is -0.607. The molecule has 12 heteroatoms. The minimum atomic E-state index is -0.827. The standard InChI is InChI=1S/C24H12Cl5FN2O4/c25-18-19(26)21(28)23(22(29)20(18)27)34-9-16(33)35-10-5-6-12-15(7-10)36-24(32)13(8-31)17(12)11-3-1-2-4-14(11)30/h1-7,17H,9,32H2. The number of hydrogen-bond donors (Lipinski definition) is 1. The fourth-order valence-corrected chi connectivity index (χ4v) is 4.76. The number of hydrogen-bond acceptors (Lipinski definition) is 6. The average molecular weight is 589 g/mol. The minimum Gasteiger partial charge on any atom is -0.479 e. The van der Waals surface area contributed by atoms with Gasteiger partial charge in [0.05, 0.1) is 21.0 Å². The van der Waals surface area contributed by atoms with Crippen LogP contribution in [0.25, 0.3) is 0 Å². The van der Waals surface area contributed by atoms with E-state index < -0.39 is 24.3 Å². The van der Waals surface area contributed by atoms with Crippen molar-refractivity contribution in [3.05, 3.63) is 96.0 Å². The van der Waals surface area contributed by atoms with Gasteiger partial charge in [-0.15, -0.1) is 0 Å². The Bertz CT molecular complexity index is 1440. The van der Waals surface area contributed by atoms with E-state index in [0.29, 0.717) is 5.56 Å². The smallest absolute Gasteiger partial charge is 0.349 e. The monoisotopic (exact) mass is 586 g/mol. The van der Waals surface area contributed by atoms with Gasteiger partial charge in [-0.25, -0.2) is 9.18 Å². The lowest BCUT2D eigenvalue weighted by Gasteiger charge is -2.27. The van der Waals surface area contributed by atoms with Crippen LogP contribution in [0.15, 0.2) is 53.9 Å². The summed E-state index contributed by atoms with van der Waals surface area (Å²) < 4.78 is 30.8. The van der Waals surface area contributed by atoms with Crippen molar-refractivity contribution in [3.63, 3.8) is 0 Å². The highest BCUT2D eigenvalue weighted by molar-refractivity contribution is 6.55. The average Bonchev–Trinajstić information content (AvgIpc) is 2.86. The molecule has 6 nitrogen and oxygen atoms in total. The van der Waals surface area contributed by atoms with E-state index in [1.54, 1.807) is 18.2 Å². The van der Waals surface area contributed by atoms with Gasteiger partial charge in [-0.3, -0.25) is 0 Å². The molecule has 0 radical (unpaired) electrons. The maximum atomic E-state index is 14.6. The Labute approximate surface area is 229 Å². The first kappa shape index (κ1) is 26.2. The lowest BCUT2D eigenvalue weighted by atomic mass is 9.83. The van der Waals surface area contributed by atoms with Gasteiger partial charge >= 0.3 is 5.97 Å². The zero-order chi connectivity index (χ0) is 26.1. The normalized spacial score (nSPS) is 14.5. The Hall–Kier alpha value is -2.86. The number of nitrogens with zero attached hydrogens (tertiary/aromatic N) is 1. The summed E-state index contributed by atoms with van der Waals surface area (Å²) >= 11 is 30.1. The van der Waals surface area contributed by atoms with Crippen molar-refractivity contribution < 1.29 is 23.4 Å². The van der Waals surface area contributed by atoms with E-state index in [4.69, 9.17) is 77.9 Å². The molecule has 0 fully saturated rings. The third kappa shape index (κ3) is 4.88. The van der Waals surface area contributed by atoms with E-state index in [9.17, 15) is 14.4 Å². The molecule has 0 aliphatic carbocycles. The first-order valence-electron chi connectivity index (χ1n) is 9.94. The molecule has 0 amide bonds. The van der Waals surface area contributed by atoms with Gasteiger partial charge in [-0.1, -0.05) is 82.3 Å². The topological polar surface area (TPSA) is 94.6 Å². The van der Waals surface area contributed by atoms with Gasteiger partial charge in [0.2, 0.25) is 5.88 Å². The number of carbonyl (C=O) groups excluding carboxylic acids is 1. The molecule has 3 aromatic rings. The van der Waals surface area contributed by atoms with Crippen molar-refractivity contribution in [3.8, 4) is 23.3 Å². The molecular weight excluding hydrogens is 577 g/mol. The van der Waals surface area contributed by atoms with Gasteiger partial charge in [-0.05, 0) is 12.1 Å². The summed E-state index contributed by atoms with van der Waals surface area (Å²) in [4.78, 5) is 12.4. The molecule has 1 aliphatic heterocycles. The van der Waals surface area contributed by atoms with Crippen LogP contribution in [0.5, 0.6) is 17.2 Å². The molecule has 4 rings (SSSR count). The highest BCUT2D eigenvalue weighted by Gasteiger charge is 2.32. The second-order valence-electron chi connectivity index (χ2n) is 7.31. The van der Waals surface area contributed by atoms with Crippen LogP contribution in [0, 0.1) is 17.1 Å². The quantitative estimate of drug-likeness (QED) is 0.146. The van der Waals surface area contributed by atoms with E-state index in [1.165, 1.54) is 24.3 Å². The number of halogens is 6. The number of nitrogens with two attached hydrogens (primary N) is 1. The molecule has 0 saturated carbocycles. The molecule has 1 unspecified atom stereocenters. The molecule has 2 N–H and O–H groups in total. The lowest BCUT2D eigenvalue weighted by Crippen LogP contribution is -2.22. The molecule has 0 saturated heterocycles. The Balaban J connectivity index is 1.56. The van der Waals surface area contributed by atoms with Gasteiger partial charge in [-0.2, -0.15) is 5.26 Å². The van der Waals surface area contributed by atoms with Crippen LogP contribution < -0.4 is 19.9 Å². The van der Waals surface area contributed by atoms with E-state index in [0.717, 1.165) is 0 Å². The Kier molecular flexibility index (Phi) is 7.74. The second-order valence-corrected chi connectivity index (χ2v) is 9.20. The summed E-state index contributed by atoms with van der Waals surface area (Å²) in [6.07, 6.45) is 0. The predicted molar refractivity (Wildman–Crippen MR) is 135 cm³/mol. The number of ether oxygens (including phenoxy) is 3. The Morgan fingerprint density at radius 1 is 1.00 bits per heavy atom. The van der Waals surface area contributed by atoms with Crippen LogP contribution in [0.3, 0.4) is 0 Å². The van der Waals surface area contributed by atoms with Crippen LogP contribution >= 0.6 is 58.0 Å². The Morgan fingerprint density at radius 2 is 1.64 bits per heavy atom. The second kappa shape index (κ2) is 10.6. The van der Waals surface area contributed by atoms with Crippen molar-refractivity contribution in [2.24, 2.45) is 5.73 Å². The fraction of sp³-hybridized carbons (Fsp3) is 0.0833. The first-order chi connectivity index (χ1) is 17.1. The molecule has 1 atom stereocenters. The number of nitriles is 1. The number of fused-ring (bicyclic) bond motifs is 1. The molecule has 184 valence electrons. The highest BCUT2D eigenvalue weighted by atomic mass is 35.5. The number of benzene rings is 3. The van der Waals surface area contributed by atoms with Crippen molar-refractivity contribution in [2.75, 3.05) is 6.61 Å². The summed E-state index contributed by atoms with van der Waals surface area (Å²) in [5, 5.41) is 9.13. The number of carbonyl (C=O) groups is 1. The predicted octanol–water partition coefficient (Wildman–Crippen LogP) is 7.30. The molecule has 0 aromatic heterocycles. The Morgan fingerprint density at radius 3 is 2.28 bits per heavy atom. The van der Waals surface area contributed by atoms with Crippen molar-refractivity contribution in [2.45, 2.75) is 5.92 Å². The molecule has 36 heavy (non-hydrogen) atoms. The molecule has 0 spiro atoms. The maximum absolute atomic E-state index is 14.6. The van der Waals surface area contributed by atoms with Crippen LogP contribution in [0.1, 0.15) is 17.0 Å². The highest BCUT2D eigenvalue weighted by Crippen LogP contribution is 2.48. The largest absolute Gasteiger partial charge is 0.479 e. The lowest BCUT2D eigenvalue weighted by molar-refractivity contribution is -0.136. The summed E-state index contributed by atoms with van der Waals surface area (Å²) in [5.41, 5.74) is 6.70. The van der Waals surface area contributed by atoms with E-state index >= 15 is 0 Å². The van der Waals surface area contributed by atoms with Crippen molar-refractivity contribution in [1.82, 2.24) is 0 Å². The molecule has 1 heterocycles. The SMILES string of the molecule is N#CC1=C(N)Oc2cc(OC(=O)COc3c(Cl)c(Cl)c(Cl)c(Cl)c3Cl)ccc2C1c1ccccc1F. The first-order valence-corrected chi connectivity index (χ1v) is 11.8. The number of allylic oxidation sites excluding steroid dienone is 1. The van der Waals surface area contributed by atoms with E-state index in [1.807, 2.05) is 6.07 Å². The summed E-state index contributed by atoms with van der Waals surface area (Å²) in [7, 11) is 0. The fourth-order valence-electron chi connectivity index (χ4n) is 3.53. The van der Waals surface area contributed by atoms with Gasteiger partial charge in [0.25, 0.3) is 0 Å². The van der Waals surface area contributed by atoms with Crippen LogP contribution in [0.4, 0.5) is 4.39 Å². The third-order valence-electron chi connectivity index (χ3n) is 5.14. The zero-order valence-electron chi connectivity index (χ0n) is 17.8. The van der Waals surface area contributed by atoms with Gasteiger partial charge in [0, 0.05) is 17.2 Å². The number of rotatable bonds is 5. The maximum Gasteiger partial charge on any atom is 0.349 e. The zero-order valence-corrected chi connectivity index (χ0v) is 21.5.